The smallest absolute Gasteiger partial charge is 0.362 e. The van der Waals surface area contributed by atoms with Gasteiger partial charge in [-0.1, -0.05) is 0 Å². The molecule has 8 nitrogen and oxygen atoms in total. The molecule has 12 heteroatoms. The Morgan fingerprint density at radius 1 is 1.35 bits per heavy atom. The summed E-state index contributed by atoms with van der Waals surface area (Å²) >= 11 is 0. The Bertz CT molecular complexity index is 967. The van der Waals surface area contributed by atoms with Crippen LogP contribution in [0.4, 0.5) is 18.9 Å². The number of hydrogen-bond acceptors (Lipinski definition) is 7. The van der Waals surface area contributed by atoms with Crippen LogP contribution in [0.5, 0.6) is 0 Å². The molecular weight excluding hydrogens is 377 g/mol. The molecular formula is C14H13F3N4O4S. The summed E-state index contributed by atoms with van der Waals surface area (Å²) in [4.78, 5) is 1.63. The lowest BCUT2D eigenvalue weighted by Crippen LogP contribution is -2.49. The number of fused-ring (bicyclic) bond motifs is 1. The van der Waals surface area contributed by atoms with Crippen molar-refractivity contribution in [1.82, 2.24) is 9.61 Å². The first-order chi connectivity index (χ1) is 12.1. The second kappa shape index (κ2) is 6.42. The van der Waals surface area contributed by atoms with Crippen molar-refractivity contribution in [1.29, 1.82) is 5.26 Å². The summed E-state index contributed by atoms with van der Waals surface area (Å²) in [6.45, 7) is 1.63. The summed E-state index contributed by atoms with van der Waals surface area (Å²) in [6, 6.07) is 6.74. The first kappa shape index (κ1) is 18.4. The van der Waals surface area contributed by atoms with Crippen LogP contribution in [-0.4, -0.2) is 49.0 Å². The summed E-state index contributed by atoms with van der Waals surface area (Å²) < 4.78 is 70.8. The van der Waals surface area contributed by atoms with Gasteiger partial charge in [-0.2, -0.15) is 31.9 Å². The minimum Gasteiger partial charge on any atom is -0.362 e. The zero-order valence-electron chi connectivity index (χ0n) is 13.3. The minimum atomic E-state index is -5.78. The number of nitriles is 1. The van der Waals surface area contributed by atoms with E-state index in [0.29, 0.717) is 17.7 Å². The molecule has 2 atom stereocenters. The van der Waals surface area contributed by atoms with Crippen LogP contribution in [0.1, 0.15) is 12.6 Å². The fourth-order valence-electron chi connectivity index (χ4n) is 2.71. The maximum atomic E-state index is 12.5. The molecule has 1 saturated heterocycles. The van der Waals surface area contributed by atoms with E-state index in [1.165, 1.54) is 16.8 Å². The Labute approximate surface area is 146 Å². The van der Waals surface area contributed by atoms with Gasteiger partial charge in [-0.15, -0.1) is 0 Å². The fourth-order valence-corrected chi connectivity index (χ4v) is 3.21. The van der Waals surface area contributed by atoms with Crippen molar-refractivity contribution in [3.63, 3.8) is 0 Å². The molecule has 0 unspecified atom stereocenters. The highest BCUT2D eigenvalue weighted by Gasteiger charge is 2.49. The maximum absolute atomic E-state index is 12.5. The monoisotopic (exact) mass is 390 g/mol. The normalized spacial score (nSPS) is 21.7. The summed E-state index contributed by atoms with van der Waals surface area (Å²) in [6.07, 6.45) is -0.731. The number of morpholine rings is 1. The van der Waals surface area contributed by atoms with E-state index in [1.54, 1.807) is 24.0 Å². The van der Waals surface area contributed by atoms with Crippen molar-refractivity contribution in [2.75, 3.05) is 18.0 Å². The van der Waals surface area contributed by atoms with Crippen molar-refractivity contribution in [2.24, 2.45) is 0 Å². The van der Waals surface area contributed by atoms with Crippen LogP contribution in [0.15, 0.2) is 24.4 Å². The van der Waals surface area contributed by atoms with Gasteiger partial charge in [-0.25, -0.2) is 8.70 Å². The van der Waals surface area contributed by atoms with Crippen molar-refractivity contribution in [3.05, 3.63) is 30.1 Å². The quantitative estimate of drug-likeness (QED) is 0.580. The van der Waals surface area contributed by atoms with E-state index in [1.807, 2.05) is 6.07 Å². The fraction of sp³-hybridized carbons (Fsp3) is 0.429. The second-order valence-corrected chi connectivity index (χ2v) is 7.18. The van der Waals surface area contributed by atoms with Crippen LogP contribution < -0.4 is 4.90 Å². The average molecular weight is 390 g/mol. The highest BCUT2D eigenvalue weighted by Crippen LogP contribution is 2.30. The van der Waals surface area contributed by atoms with Gasteiger partial charge in [0.15, 0.2) is 6.29 Å². The van der Waals surface area contributed by atoms with E-state index >= 15 is 0 Å². The number of nitrogens with zero attached hydrogens (tertiary/aromatic N) is 4. The molecule has 3 rings (SSSR count). The van der Waals surface area contributed by atoms with E-state index < -0.39 is 28.0 Å². The third kappa shape index (κ3) is 3.33. The van der Waals surface area contributed by atoms with Crippen molar-refractivity contribution in [3.8, 4) is 6.07 Å². The molecule has 1 aliphatic rings. The number of ether oxygens (including phenoxy) is 1. The molecule has 3 heterocycles. The Kier molecular flexibility index (Phi) is 4.55. The minimum absolute atomic E-state index is 0.244. The standard InChI is InChI=1S/C14H13F3N4O4S/c1-9-7-20(8-13(24-9)25-26(22,23)14(15,16)17)11-3-2-10(6-18)21-12(11)4-5-19-21/h2-5,9,13H,7-8H2,1H3/t9-,13-/m1/s1. The summed E-state index contributed by atoms with van der Waals surface area (Å²) in [5, 5.41) is 13.1. The van der Waals surface area contributed by atoms with Gasteiger partial charge in [-0.3, -0.25) is 0 Å². The SMILES string of the molecule is C[C@@H]1CN(c2ccc(C#N)n3nccc23)C[C@@H](OS(=O)(=O)C(F)(F)F)O1. The second-order valence-electron chi connectivity index (χ2n) is 5.62. The maximum Gasteiger partial charge on any atom is 0.523 e. The van der Waals surface area contributed by atoms with Gasteiger partial charge in [0.1, 0.15) is 11.8 Å². The number of anilines is 1. The highest BCUT2D eigenvalue weighted by molar-refractivity contribution is 7.87. The molecule has 0 N–H and O–H groups in total. The molecule has 0 aliphatic carbocycles. The van der Waals surface area contributed by atoms with Gasteiger partial charge in [0.05, 0.1) is 30.0 Å². The van der Waals surface area contributed by atoms with Gasteiger partial charge >= 0.3 is 15.6 Å². The predicted octanol–water partition coefficient (Wildman–Crippen LogP) is 1.62. The van der Waals surface area contributed by atoms with Crippen LogP contribution in [0.2, 0.25) is 0 Å². The Balaban J connectivity index is 1.90. The third-order valence-electron chi connectivity index (χ3n) is 3.74. The first-order valence-electron chi connectivity index (χ1n) is 7.39. The molecule has 0 saturated carbocycles. The number of rotatable bonds is 3. The van der Waals surface area contributed by atoms with E-state index in [9.17, 15) is 21.6 Å². The molecule has 2 aromatic rings. The van der Waals surface area contributed by atoms with Crippen molar-refractivity contribution in [2.45, 2.75) is 24.8 Å². The lowest BCUT2D eigenvalue weighted by molar-refractivity contribution is -0.133. The third-order valence-corrected chi connectivity index (χ3v) is 4.77. The largest absolute Gasteiger partial charge is 0.523 e. The van der Waals surface area contributed by atoms with Crippen LogP contribution in [0, 0.1) is 11.3 Å². The van der Waals surface area contributed by atoms with Crippen LogP contribution in [-0.2, 0) is 19.0 Å². The number of aromatic nitrogens is 2. The molecule has 140 valence electrons. The van der Waals surface area contributed by atoms with Crippen molar-refractivity contribution < 1.29 is 30.5 Å². The number of halogens is 3. The number of hydrogen-bond donors (Lipinski definition) is 0. The Hall–Kier alpha value is -2.36. The predicted molar refractivity (Wildman–Crippen MR) is 82.5 cm³/mol. The van der Waals surface area contributed by atoms with Gasteiger partial charge in [-0.05, 0) is 25.1 Å². The van der Waals surface area contributed by atoms with Crippen LogP contribution >= 0.6 is 0 Å². The summed E-state index contributed by atoms with van der Waals surface area (Å²) in [7, 11) is -5.78. The topological polar surface area (TPSA) is 96.9 Å². The zero-order chi connectivity index (χ0) is 19.1. The molecule has 1 fully saturated rings. The first-order valence-corrected chi connectivity index (χ1v) is 8.80. The molecule has 1 aliphatic heterocycles. The lowest BCUT2D eigenvalue weighted by Gasteiger charge is -2.37. The van der Waals surface area contributed by atoms with Gasteiger partial charge < -0.3 is 9.64 Å². The molecule has 0 amide bonds. The zero-order valence-corrected chi connectivity index (χ0v) is 14.2. The van der Waals surface area contributed by atoms with Crippen LogP contribution in [0.25, 0.3) is 5.52 Å². The molecule has 2 aromatic heterocycles. The number of alkyl halides is 3. The molecule has 0 spiro atoms. The van der Waals surface area contributed by atoms with Gasteiger partial charge in [0, 0.05) is 6.54 Å². The average Bonchev–Trinajstić information content (AvgIpc) is 3.01. The Morgan fingerprint density at radius 3 is 2.73 bits per heavy atom. The molecule has 0 bridgehead atoms. The van der Waals surface area contributed by atoms with E-state index in [4.69, 9.17) is 10.00 Å². The van der Waals surface area contributed by atoms with E-state index in [2.05, 4.69) is 9.28 Å². The number of pyridine rings is 1. The van der Waals surface area contributed by atoms with Crippen LogP contribution in [0.3, 0.4) is 0 Å². The summed E-state index contributed by atoms with van der Waals surface area (Å²) in [5.74, 6) is 0. The van der Waals surface area contributed by atoms with Crippen molar-refractivity contribution >= 4 is 21.3 Å². The molecule has 26 heavy (non-hydrogen) atoms. The molecule has 0 radical (unpaired) electrons. The lowest BCUT2D eigenvalue weighted by atomic mass is 10.2. The molecule has 0 aromatic carbocycles. The Morgan fingerprint density at radius 2 is 2.08 bits per heavy atom. The van der Waals surface area contributed by atoms with E-state index in [0.717, 1.165) is 0 Å². The highest BCUT2D eigenvalue weighted by atomic mass is 32.2. The van der Waals surface area contributed by atoms with Gasteiger partial charge in [0.25, 0.3) is 0 Å². The summed E-state index contributed by atoms with van der Waals surface area (Å²) in [5.41, 5.74) is -4.14. The van der Waals surface area contributed by atoms with E-state index in [-0.39, 0.29) is 12.2 Å². The van der Waals surface area contributed by atoms with Gasteiger partial charge in [0.2, 0.25) is 0 Å².